The van der Waals surface area contributed by atoms with Gasteiger partial charge in [0.1, 0.15) is 11.9 Å². The smallest absolute Gasteiger partial charge is 0.239 e. The molecule has 0 saturated carbocycles. The first-order valence-electron chi connectivity index (χ1n) is 11.1. The van der Waals surface area contributed by atoms with Crippen LogP contribution in [0.15, 0.2) is 30.3 Å². The van der Waals surface area contributed by atoms with Gasteiger partial charge in [0.25, 0.3) is 0 Å². The average Bonchev–Trinajstić information content (AvgIpc) is 2.80. The number of aryl methyl sites for hydroxylation is 2. The molecular weight excluding hydrogens is 472 g/mol. The molecular formula is C24H28N4O4S2. The molecule has 3 rings (SSSR count). The summed E-state index contributed by atoms with van der Waals surface area (Å²) >= 11 is 1.17. The zero-order valence-electron chi connectivity index (χ0n) is 19.5. The molecule has 2 heterocycles. The molecule has 1 aliphatic rings. The molecule has 10 heteroatoms. The number of carbonyl (C=O) groups excluding carboxylic acids is 2. The first kappa shape index (κ1) is 25.7. The van der Waals surface area contributed by atoms with Gasteiger partial charge in [0.2, 0.25) is 21.0 Å². The first-order chi connectivity index (χ1) is 16.1. The summed E-state index contributed by atoms with van der Waals surface area (Å²) in [4.78, 5) is 31.4. The van der Waals surface area contributed by atoms with Crippen molar-refractivity contribution in [3.05, 3.63) is 58.3 Å². The van der Waals surface area contributed by atoms with Gasteiger partial charge >= 0.3 is 0 Å². The number of hydrogen-bond acceptors (Lipinski definition) is 8. The molecule has 0 bridgehead atoms. The van der Waals surface area contributed by atoms with Crippen molar-refractivity contribution in [2.45, 2.75) is 39.4 Å². The average molecular weight is 501 g/mol. The van der Waals surface area contributed by atoms with Crippen LogP contribution >= 0.6 is 11.8 Å². The van der Waals surface area contributed by atoms with Crippen molar-refractivity contribution in [2.75, 3.05) is 23.7 Å². The molecule has 2 aromatic rings. The molecule has 0 spiro atoms. The Morgan fingerprint density at radius 2 is 1.85 bits per heavy atom. The molecule has 1 aromatic heterocycles. The number of thioether (sulfide) groups is 1. The highest BCUT2D eigenvalue weighted by atomic mass is 32.2. The number of rotatable bonds is 7. The summed E-state index contributed by atoms with van der Waals surface area (Å²) in [5, 5.41) is 9.50. The predicted molar refractivity (Wildman–Crippen MR) is 133 cm³/mol. The van der Waals surface area contributed by atoms with Crippen LogP contribution in [0.2, 0.25) is 0 Å². The maximum Gasteiger partial charge on any atom is 0.239 e. The van der Waals surface area contributed by atoms with Gasteiger partial charge in [-0.05, 0) is 44.1 Å². The Hall–Kier alpha value is -2.90. The van der Waals surface area contributed by atoms with Gasteiger partial charge in [-0.25, -0.2) is 13.4 Å². The monoisotopic (exact) mass is 500 g/mol. The maximum atomic E-state index is 12.6. The molecule has 1 fully saturated rings. The lowest BCUT2D eigenvalue weighted by atomic mass is 9.96. The van der Waals surface area contributed by atoms with Gasteiger partial charge in [0, 0.05) is 19.0 Å². The number of nitrogens with zero attached hydrogens (tertiary/aromatic N) is 3. The first-order valence-corrected chi connectivity index (χ1v) is 13.7. The lowest BCUT2D eigenvalue weighted by molar-refractivity contribution is -0.123. The molecule has 0 radical (unpaired) electrons. The van der Waals surface area contributed by atoms with Crippen LogP contribution in [0.1, 0.15) is 52.5 Å². The Labute approximate surface area is 204 Å². The molecule has 0 aliphatic carbocycles. The lowest BCUT2D eigenvalue weighted by Gasteiger charge is -2.32. The van der Waals surface area contributed by atoms with Crippen LogP contribution < -0.4 is 9.62 Å². The molecule has 0 unspecified atom stereocenters. The third-order valence-corrected chi connectivity index (χ3v) is 7.70. The highest BCUT2D eigenvalue weighted by Crippen LogP contribution is 2.28. The van der Waals surface area contributed by atoms with E-state index in [1.807, 2.05) is 30.9 Å². The fraction of sp³-hybridized carbons (Fsp3) is 0.417. The van der Waals surface area contributed by atoms with Crippen molar-refractivity contribution in [3.8, 4) is 6.07 Å². The summed E-state index contributed by atoms with van der Waals surface area (Å²) in [5.41, 5.74) is 2.95. The number of nitrogens with one attached hydrogen (secondary N) is 1. The summed E-state index contributed by atoms with van der Waals surface area (Å²) in [5.74, 6) is -0.0815. The Balaban J connectivity index is 1.64. The number of anilines is 1. The molecule has 8 nitrogen and oxygen atoms in total. The molecule has 1 aromatic carbocycles. The van der Waals surface area contributed by atoms with Crippen molar-refractivity contribution < 1.29 is 18.0 Å². The van der Waals surface area contributed by atoms with Crippen molar-refractivity contribution in [1.82, 2.24) is 9.71 Å². The van der Waals surface area contributed by atoms with Gasteiger partial charge in [-0.1, -0.05) is 48.5 Å². The van der Waals surface area contributed by atoms with E-state index < -0.39 is 21.8 Å². The van der Waals surface area contributed by atoms with Crippen molar-refractivity contribution in [3.63, 3.8) is 0 Å². The maximum absolute atomic E-state index is 12.6. The zero-order valence-corrected chi connectivity index (χ0v) is 21.1. The highest BCUT2D eigenvalue weighted by Gasteiger charge is 2.29. The number of hydrogen-bond donors (Lipinski definition) is 1. The number of benzene rings is 1. The number of nitriles is 1. The number of amides is 1. The van der Waals surface area contributed by atoms with Gasteiger partial charge in [-0.2, -0.15) is 5.26 Å². The minimum Gasteiger partial charge on any atom is -0.355 e. The van der Waals surface area contributed by atoms with Crippen LogP contribution in [-0.4, -0.2) is 43.3 Å². The van der Waals surface area contributed by atoms with Crippen LogP contribution in [0.5, 0.6) is 0 Å². The summed E-state index contributed by atoms with van der Waals surface area (Å²) in [7, 11) is -3.80. The molecule has 180 valence electrons. The van der Waals surface area contributed by atoms with Gasteiger partial charge in [-0.3, -0.25) is 14.3 Å². The van der Waals surface area contributed by atoms with Crippen LogP contribution in [-0.2, 0) is 20.6 Å². The second-order valence-electron chi connectivity index (χ2n) is 8.30. The number of sulfonamides is 1. The Bertz CT molecular complexity index is 1210. The minimum absolute atomic E-state index is 0.113. The fourth-order valence-electron chi connectivity index (χ4n) is 3.86. The van der Waals surface area contributed by atoms with Crippen LogP contribution in [0, 0.1) is 31.1 Å². The lowest BCUT2D eigenvalue weighted by Crippen LogP contribution is -2.43. The van der Waals surface area contributed by atoms with Gasteiger partial charge in [0.05, 0.1) is 22.6 Å². The number of pyridine rings is 1. The highest BCUT2D eigenvalue weighted by molar-refractivity contribution is 8.14. The van der Waals surface area contributed by atoms with E-state index in [0.29, 0.717) is 59.9 Å². The molecule has 34 heavy (non-hydrogen) atoms. The Morgan fingerprint density at radius 1 is 1.21 bits per heavy atom. The van der Waals surface area contributed by atoms with E-state index in [1.54, 1.807) is 25.1 Å². The summed E-state index contributed by atoms with van der Waals surface area (Å²) in [6.45, 7) is 6.46. The second kappa shape index (κ2) is 11.0. The largest absolute Gasteiger partial charge is 0.355 e. The van der Waals surface area contributed by atoms with E-state index in [9.17, 15) is 23.3 Å². The molecule has 1 saturated heterocycles. The Morgan fingerprint density at radius 3 is 2.44 bits per heavy atom. The minimum atomic E-state index is -3.80. The SMILES string of the molecule is CCSC(=O)c1cc(C#N)c(N2CCC(C(=O)NS(=O)(=O)Cc3ccc(C)cc3)CC2)nc1C. The normalized spacial score (nSPS) is 14.5. The molecule has 0 atom stereocenters. The Kier molecular flexibility index (Phi) is 8.33. The van der Waals surface area contributed by atoms with E-state index in [-0.39, 0.29) is 10.9 Å². The van der Waals surface area contributed by atoms with Crippen LogP contribution in [0.25, 0.3) is 0 Å². The standard InChI is InChI=1S/C24H28N4O4S2/c1-4-33-24(30)21-13-20(14-25)22(26-17(21)3)28-11-9-19(10-12-28)23(29)27-34(31,32)15-18-7-5-16(2)6-8-18/h5-8,13,19H,4,9-12,15H2,1-3H3,(H,27,29). The van der Waals surface area contributed by atoms with Gasteiger partial charge in [0.15, 0.2) is 0 Å². The third kappa shape index (κ3) is 6.36. The quantitative estimate of drug-likeness (QED) is 0.615. The zero-order chi connectivity index (χ0) is 24.9. The molecule has 1 aliphatic heterocycles. The summed E-state index contributed by atoms with van der Waals surface area (Å²) < 4.78 is 27.1. The van der Waals surface area contributed by atoms with Gasteiger partial charge < -0.3 is 4.90 Å². The molecule has 1 amide bonds. The van der Waals surface area contributed by atoms with Crippen LogP contribution in [0.3, 0.4) is 0 Å². The van der Waals surface area contributed by atoms with E-state index in [1.165, 1.54) is 11.8 Å². The summed E-state index contributed by atoms with van der Waals surface area (Å²) in [6.07, 6.45) is 0.869. The van der Waals surface area contributed by atoms with Crippen molar-refractivity contribution in [2.24, 2.45) is 5.92 Å². The van der Waals surface area contributed by atoms with E-state index in [2.05, 4.69) is 15.8 Å². The topological polar surface area (TPSA) is 120 Å². The van der Waals surface area contributed by atoms with Gasteiger partial charge in [-0.15, -0.1) is 0 Å². The second-order valence-corrected chi connectivity index (χ2v) is 11.3. The fourth-order valence-corrected chi connectivity index (χ4v) is 5.66. The van der Waals surface area contributed by atoms with E-state index >= 15 is 0 Å². The predicted octanol–water partition coefficient (Wildman–Crippen LogP) is 3.33. The van der Waals surface area contributed by atoms with Crippen molar-refractivity contribution in [1.29, 1.82) is 5.26 Å². The summed E-state index contributed by atoms with van der Waals surface area (Å²) in [6, 6.07) is 10.8. The number of carbonyl (C=O) groups is 2. The third-order valence-electron chi connectivity index (χ3n) is 5.71. The van der Waals surface area contributed by atoms with E-state index in [0.717, 1.165) is 5.56 Å². The van der Waals surface area contributed by atoms with Crippen LogP contribution in [0.4, 0.5) is 5.82 Å². The number of piperidine rings is 1. The molecule has 1 N–H and O–H groups in total. The van der Waals surface area contributed by atoms with E-state index in [4.69, 9.17) is 0 Å². The number of aromatic nitrogens is 1. The van der Waals surface area contributed by atoms with Crippen molar-refractivity contribution >= 4 is 38.6 Å².